The molecular weight excluding hydrogens is 268 g/mol. The maximum atomic E-state index is 12.1. The molecule has 1 aromatic carbocycles. The normalized spacial score (nSPS) is 14.1. The third-order valence-corrected chi connectivity index (χ3v) is 3.38. The highest BCUT2D eigenvalue weighted by molar-refractivity contribution is 5.76. The molecule has 2 amide bonds. The van der Waals surface area contributed by atoms with Crippen LogP contribution in [0.15, 0.2) is 30.3 Å². The van der Waals surface area contributed by atoms with Gasteiger partial charge in [-0.15, -0.1) is 0 Å². The minimum absolute atomic E-state index is 0.101. The second-order valence-electron chi connectivity index (χ2n) is 6.27. The Morgan fingerprint density at radius 3 is 2.19 bits per heavy atom. The lowest BCUT2D eigenvalue weighted by Crippen LogP contribution is -2.49. The largest absolute Gasteiger partial charge is 0.481 e. The number of hydrogen-bond acceptors (Lipinski definition) is 2. The van der Waals surface area contributed by atoms with Crippen LogP contribution in [0.4, 0.5) is 4.79 Å². The van der Waals surface area contributed by atoms with E-state index in [4.69, 9.17) is 5.11 Å². The highest BCUT2D eigenvalue weighted by Gasteiger charge is 2.28. The Hall–Kier alpha value is -2.04. The molecule has 2 atom stereocenters. The van der Waals surface area contributed by atoms with Gasteiger partial charge in [-0.2, -0.15) is 0 Å². The summed E-state index contributed by atoms with van der Waals surface area (Å²) in [6.45, 7) is 7.60. The summed E-state index contributed by atoms with van der Waals surface area (Å²) in [4.78, 5) is 23.0. The number of nitrogens with one attached hydrogen (secondary N) is 2. The van der Waals surface area contributed by atoms with Gasteiger partial charge in [-0.05, 0) is 17.9 Å². The lowest BCUT2D eigenvalue weighted by Gasteiger charge is -2.31. The van der Waals surface area contributed by atoms with Crippen molar-refractivity contribution in [3.05, 3.63) is 35.9 Å². The molecule has 5 nitrogen and oxygen atoms in total. The van der Waals surface area contributed by atoms with Gasteiger partial charge in [0.25, 0.3) is 0 Å². The topological polar surface area (TPSA) is 78.4 Å². The van der Waals surface area contributed by atoms with E-state index in [0.29, 0.717) is 0 Å². The molecule has 0 aliphatic heterocycles. The molecule has 0 heterocycles. The van der Waals surface area contributed by atoms with E-state index in [-0.39, 0.29) is 23.9 Å². The SMILES string of the molecule is CC(NC(=O)NC(CC(=O)O)C(C)(C)C)c1ccccc1. The van der Waals surface area contributed by atoms with Crippen molar-refractivity contribution in [2.45, 2.75) is 46.2 Å². The zero-order valence-electron chi connectivity index (χ0n) is 13.0. The second kappa shape index (κ2) is 7.11. The number of carboxylic acid groups (broad SMARTS) is 1. The summed E-state index contributed by atoms with van der Waals surface area (Å²) in [6, 6.07) is 8.68. The van der Waals surface area contributed by atoms with Crippen molar-refractivity contribution in [2.75, 3.05) is 0 Å². The van der Waals surface area contributed by atoms with Gasteiger partial charge < -0.3 is 15.7 Å². The van der Waals surface area contributed by atoms with Crippen LogP contribution in [-0.4, -0.2) is 23.1 Å². The van der Waals surface area contributed by atoms with Gasteiger partial charge in [-0.25, -0.2) is 4.79 Å². The van der Waals surface area contributed by atoms with E-state index in [1.165, 1.54) is 0 Å². The van der Waals surface area contributed by atoms with Crippen molar-refractivity contribution in [3.63, 3.8) is 0 Å². The molecule has 2 unspecified atom stereocenters. The van der Waals surface area contributed by atoms with E-state index in [1.54, 1.807) is 0 Å². The Bertz CT molecular complexity index is 480. The van der Waals surface area contributed by atoms with E-state index in [1.807, 2.05) is 58.0 Å². The van der Waals surface area contributed by atoms with Crippen LogP contribution >= 0.6 is 0 Å². The van der Waals surface area contributed by atoms with Crippen LogP contribution < -0.4 is 10.6 Å². The fraction of sp³-hybridized carbons (Fsp3) is 0.500. The van der Waals surface area contributed by atoms with E-state index < -0.39 is 12.0 Å². The number of carbonyl (C=O) groups is 2. The molecule has 1 rings (SSSR count). The Kier molecular flexibility index (Phi) is 5.76. The first-order chi connectivity index (χ1) is 9.70. The summed E-state index contributed by atoms with van der Waals surface area (Å²) in [7, 11) is 0. The molecule has 0 bridgehead atoms. The molecule has 0 radical (unpaired) electrons. The Labute approximate surface area is 125 Å². The molecule has 1 aromatic rings. The Morgan fingerprint density at radius 1 is 1.14 bits per heavy atom. The second-order valence-corrected chi connectivity index (χ2v) is 6.27. The third kappa shape index (κ3) is 5.85. The number of amides is 2. The number of carbonyl (C=O) groups excluding carboxylic acids is 1. The summed E-state index contributed by atoms with van der Waals surface area (Å²) >= 11 is 0. The van der Waals surface area contributed by atoms with Crippen LogP contribution in [-0.2, 0) is 4.79 Å². The van der Waals surface area contributed by atoms with Gasteiger partial charge in [0.05, 0.1) is 12.5 Å². The first-order valence-corrected chi connectivity index (χ1v) is 7.04. The van der Waals surface area contributed by atoms with E-state index >= 15 is 0 Å². The zero-order valence-corrected chi connectivity index (χ0v) is 13.0. The average Bonchev–Trinajstić information content (AvgIpc) is 2.37. The molecule has 21 heavy (non-hydrogen) atoms. The van der Waals surface area contributed by atoms with Crippen LogP contribution in [0.5, 0.6) is 0 Å². The van der Waals surface area contributed by atoms with E-state index in [2.05, 4.69) is 10.6 Å². The Morgan fingerprint density at radius 2 is 1.71 bits per heavy atom. The molecular formula is C16H24N2O3. The summed E-state index contributed by atoms with van der Waals surface area (Å²) in [5.74, 6) is -0.925. The van der Waals surface area contributed by atoms with Crippen LogP contribution in [0.25, 0.3) is 0 Å². The number of aliphatic carboxylic acids is 1. The van der Waals surface area contributed by atoms with Crippen LogP contribution in [0.2, 0.25) is 0 Å². The first kappa shape index (κ1) is 17.0. The van der Waals surface area contributed by atoms with Crippen molar-refractivity contribution >= 4 is 12.0 Å². The molecule has 0 spiro atoms. The van der Waals surface area contributed by atoms with Gasteiger partial charge in [-0.3, -0.25) is 4.79 Å². The molecule has 0 fully saturated rings. The van der Waals surface area contributed by atoms with Gasteiger partial charge in [0.15, 0.2) is 0 Å². The lowest BCUT2D eigenvalue weighted by molar-refractivity contribution is -0.138. The summed E-state index contributed by atoms with van der Waals surface area (Å²) < 4.78 is 0. The number of hydrogen-bond donors (Lipinski definition) is 3. The smallest absolute Gasteiger partial charge is 0.315 e. The first-order valence-electron chi connectivity index (χ1n) is 7.04. The third-order valence-electron chi connectivity index (χ3n) is 3.38. The monoisotopic (exact) mass is 292 g/mol. The van der Waals surface area contributed by atoms with Crippen molar-refractivity contribution in [1.29, 1.82) is 0 Å². The van der Waals surface area contributed by atoms with Crippen LogP contribution in [0.1, 0.15) is 45.7 Å². The number of benzene rings is 1. The van der Waals surface area contributed by atoms with E-state index in [0.717, 1.165) is 5.56 Å². The number of carboxylic acids is 1. The molecule has 0 saturated heterocycles. The molecule has 5 heteroatoms. The maximum Gasteiger partial charge on any atom is 0.315 e. The standard InChI is InChI=1S/C16H24N2O3/c1-11(12-8-6-5-7-9-12)17-15(21)18-13(10-14(19)20)16(2,3)4/h5-9,11,13H,10H2,1-4H3,(H,19,20)(H2,17,18,21). The average molecular weight is 292 g/mol. The van der Waals surface area contributed by atoms with Gasteiger partial charge in [0.1, 0.15) is 0 Å². The van der Waals surface area contributed by atoms with Gasteiger partial charge >= 0.3 is 12.0 Å². The highest BCUT2D eigenvalue weighted by Crippen LogP contribution is 2.22. The maximum absolute atomic E-state index is 12.1. The van der Waals surface area contributed by atoms with Crippen molar-refractivity contribution < 1.29 is 14.7 Å². The minimum Gasteiger partial charge on any atom is -0.481 e. The lowest BCUT2D eigenvalue weighted by atomic mass is 9.85. The number of rotatable bonds is 5. The van der Waals surface area contributed by atoms with Crippen molar-refractivity contribution in [1.82, 2.24) is 10.6 Å². The Balaban J connectivity index is 2.64. The minimum atomic E-state index is -0.925. The highest BCUT2D eigenvalue weighted by atomic mass is 16.4. The molecule has 3 N–H and O–H groups in total. The molecule has 0 aliphatic rings. The van der Waals surface area contributed by atoms with E-state index in [9.17, 15) is 9.59 Å². The molecule has 0 saturated carbocycles. The zero-order chi connectivity index (χ0) is 16.0. The van der Waals surface area contributed by atoms with Crippen LogP contribution in [0.3, 0.4) is 0 Å². The summed E-state index contributed by atoms with van der Waals surface area (Å²) in [5.41, 5.74) is 0.671. The van der Waals surface area contributed by atoms with Crippen LogP contribution in [0, 0.1) is 5.41 Å². The van der Waals surface area contributed by atoms with Gasteiger partial charge in [0, 0.05) is 6.04 Å². The van der Waals surface area contributed by atoms with Crippen molar-refractivity contribution in [2.24, 2.45) is 5.41 Å². The number of urea groups is 1. The fourth-order valence-corrected chi connectivity index (χ4v) is 1.97. The summed E-state index contributed by atoms with van der Waals surface area (Å²) in [5, 5.41) is 14.5. The predicted octanol–water partition coefficient (Wildman–Crippen LogP) is 2.94. The quantitative estimate of drug-likeness (QED) is 0.780. The van der Waals surface area contributed by atoms with Gasteiger partial charge in [0.2, 0.25) is 0 Å². The molecule has 0 aromatic heterocycles. The fourth-order valence-electron chi connectivity index (χ4n) is 1.97. The van der Waals surface area contributed by atoms with Gasteiger partial charge in [-0.1, -0.05) is 51.1 Å². The predicted molar refractivity (Wildman–Crippen MR) is 82.0 cm³/mol. The molecule has 0 aliphatic carbocycles. The summed E-state index contributed by atoms with van der Waals surface area (Å²) in [6.07, 6.45) is -0.101. The molecule has 116 valence electrons. The van der Waals surface area contributed by atoms with Crippen molar-refractivity contribution in [3.8, 4) is 0 Å².